The van der Waals surface area contributed by atoms with Crippen molar-refractivity contribution in [1.29, 1.82) is 0 Å². The smallest absolute Gasteiger partial charge is 0.252 e. The summed E-state index contributed by atoms with van der Waals surface area (Å²) in [5.41, 5.74) is 1.04. The van der Waals surface area contributed by atoms with Crippen molar-refractivity contribution in [2.24, 2.45) is 0 Å². The third-order valence-electron chi connectivity index (χ3n) is 5.21. The van der Waals surface area contributed by atoms with Crippen LogP contribution in [0.3, 0.4) is 0 Å². The Morgan fingerprint density at radius 2 is 1.96 bits per heavy atom. The maximum absolute atomic E-state index is 12.9. The third-order valence-corrected chi connectivity index (χ3v) is 8.71. The monoisotopic (exact) mass is 381 g/mol. The summed E-state index contributed by atoms with van der Waals surface area (Å²) in [6.07, 6.45) is 1.60. The van der Waals surface area contributed by atoms with E-state index in [1.54, 1.807) is 10.4 Å². The van der Waals surface area contributed by atoms with Crippen LogP contribution in [0.15, 0.2) is 10.3 Å². The number of piperidine rings is 1. The molecule has 2 aliphatic rings. The molecule has 25 heavy (non-hydrogen) atoms. The minimum atomic E-state index is -3.37. The maximum atomic E-state index is 12.9. The molecule has 2 aromatic rings. The largest absolute Gasteiger partial charge is 0.312 e. The number of rotatable bonds is 3. The zero-order chi connectivity index (χ0) is 17.6. The van der Waals surface area contributed by atoms with Crippen molar-refractivity contribution in [2.45, 2.75) is 49.9 Å². The van der Waals surface area contributed by atoms with Crippen LogP contribution in [0.25, 0.3) is 0 Å². The predicted molar refractivity (Wildman–Crippen MR) is 96.3 cm³/mol. The lowest BCUT2D eigenvalue weighted by Crippen LogP contribution is -2.38. The van der Waals surface area contributed by atoms with Gasteiger partial charge in [0, 0.05) is 37.0 Å². The predicted octanol–water partition coefficient (Wildman–Crippen LogP) is 1.63. The van der Waals surface area contributed by atoms with Gasteiger partial charge in [-0.1, -0.05) is 0 Å². The fraction of sp³-hybridized carbons (Fsp3) is 0.625. The molecule has 0 spiro atoms. The fourth-order valence-electron chi connectivity index (χ4n) is 3.56. The first-order valence-corrected chi connectivity index (χ1v) is 10.9. The highest BCUT2D eigenvalue weighted by Crippen LogP contribution is 2.33. The molecule has 0 saturated carbocycles. The first kappa shape index (κ1) is 17.1. The third kappa shape index (κ3) is 3.03. The molecule has 0 atom stereocenters. The molecule has 9 heteroatoms. The number of fused-ring (bicyclic) bond motifs is 1. The van der Waals surface area contributed by atoms with E-state index in [9.17, 15) is 8.42 Å². The zero-order valence-corrected chi connectivity index (χ0v) is 16.2. The Bertz CT molecular complexity index is 859. The number of sulfonamides is 1. The van der Waals surface area contributed by atoms with Crippen LogP contribution in [0.4, 0.5) is 0 Å². The second-order valence-corrected chi connectivity index (χ2v) is 10.2. The minimum absolute atomic E-state index is 0.289. The van der Waals surface area contributed by atoms with E-state index in [1.807, 2.05) is 13.8 Å². The standard InChI is InChI=1S/C16H23N5O2S2/c1-11-9-15(24-12(11)2)25(22,23)20-6-3-13(4-7-20)16-19-18-14-10-17-5-8-21(14)16/h9,13,17H,3-8,10H2,1-2H3. The second-order valence-electron chi connectivity index (χ2n) is 6.79. The number of nitrogens with zero attached hydrogens (tertiary/aromatic N) is 4. The Morgan fingerprint density at radius 3 is 2.64 bits per heavy atom. The number of thiophene rings is 1. The molecule has 136 valence electrons. The fourth-order valence-corrected chi connectivity index (χ4v) is 6.71. The lowest BCUT2D eigenvalue weighted by Gasteiger charge is -2.31. The van der Waals surface area contributed by atoms with Crippen molar-refractivity contribution in [3.05, 3.63) is 28.2 Å². The van der Waals surface area contributed by atoms with E-state index in [0.717, 1.165) is 54.6 Å². The van der Waals surface area contributed by atoms with Gasteiger partial charge >= 0.3 is 0 Å². The van der Waals surface area contributed by atoms with Gasteiger partial charge in [-0.15, -0.1) is 21.5 Å². The van der Waals surface area contributed by atoms with Gasteiger partial charge in [0.05, 0.1) is 6.54 Å². The molecule has 1 fully saturated rings. The van der Waals surface area contributed by atoms with Gasteiger partial charge in [0.25, 0.3) is 10.0 Å². The van der Waals surface area contributed by atoms with E-state index < -0.39 is 10.0 Å². The van der Waals surface area contributed by atoms with Gasteiger partial charge < -0.3 is 9.88 Å². The SMILES string of the molecule is Cc1cc(S(=O)(=O)N2CCC(c3nnc4n3CCNC4)CC2)sc1C. The number of nitrogens with one attached hydrogen (secondary N) is 1. The molecule has 0 aromatic carbocycles. The molecular weight excluding hydrogens is 358 g/mol. The van der Waals surface area contributed by atoms with Crippen molar-refractivity contribution in [2.75, 3.05) is 19.6 Å². The van der Waals surface area contributed by atoms with Crippen LogP contribution in [0.5, 0.6) is 0 Å². The zero-order valence-electron chi connectivity index (χ0n) is 14.5. The molecular formula is C16H23N5O2S2. The molecule has 0 unspecified atom stereocenters. The Kier molecular flexibility index (Phi) is 4.43. The van der Waals surface area contributed by atoms with Crippen LogP contribution in [0, 0.1) is 13.8 Å². The van der Waals surface area contributed by atoms with Crippen LogP contribution >= 0.6 is 11.3 Å². The van der Waals surface area contributed by atoms with Gasteiger partial charge in [-0.3, -0.25) is 0 Å². The molecule has 0 amide bonds. The molecule has 0 radical (unpaired) electrons. The summed E-state index contributed by atoms with van der Waals surface area (Å²) >= 11 is 1.37. The van der Waals surface area contributed by atoms with E-state index in [4.69, 9.17) is 0 Å². The molecule has 1 N–H and O–H groups in total. The van der Waals surface area contributed by atoms with Crippen molar-refractivity contribution in [1.82, 2.24) is 24.4 Å². The summed E-state index contributed by atoms with van der Waals surface area (Å²) in [6.45, 7) is 7.60. The van der Waals surface area contributed by atoms with Gasteiger partial charge in [0.15, 0.2) is 0 Å². The van der Waals surface area contributed by atoms with Gasteiger partial charge in [-0.05, 0) is 38.3 Å². The Balaban J connectivity index is 1.49. The van der Waals surface area contributed by atoms with Gasteiger partial charge in [-0.25, -0.2) is 8.42 Å². The number of hydrogen-bond acceptors (Lipinski definition) is 6. The summed E-state index contributed by atoms with van der Waals surface area (Å²) in [7, 11) is -3.37. The van der Waals surface area contributed by atoms with Gasteiger partial charge in [0.1, 0.15) is 15.9 Å². The highest BCUT2D eigenvalue weighted by Gasteiger charge is 2.33. The molecule has 0 bridgehead atoms. The minimum Gasteiger partial charge on any atom is -0.312 e. The molecule has 2 aromatic heterocycles. The lowest BCUT2D eigenvalue weighted by molar-refractivity contribution is 0.307. The van der Waals surface area contributed by atoms with Gasteiger partial charge in [0.2, 0.25) is 0 Å². The quantitative estimate of drug-likeness (QED) is 0.874. The summed E-state index contributed by atoms with van der Waals surface area (Å²) in [5.74, 6) is 2.30. The Morgan fingerprint density at radius 1 is 1.20 bits per heavy atom. The van der Waals surface area contributed by atoms with Crippen LogP contribution in [-0.4, -0.2) is 47.1 Å². The number of hydrogen-bond donors (Lipinski definition) is 1. The first-order chi connectivity index (χ1) is 12.0. The highest BCUT2D eigenvalue weighted by atomic mass is 32.2. The topological polar surface area (TPSA) is 80.1 Å². The van der Waals surface area contributed by atoms with Crippen molar-refractivity contribution in [3.63, 3.8) is 0 Å². The Labute approximate surface area is 152 Å². The molecule has 2 aliphatic heterocycles. The van der Waals surface area contributed by atoms with Crippen molar-refractivity contribution in [3.8, 4) is 0 Å². The molecule has 7 nitrogen and oxygen atoms in total. The molecule has 1 saturated heterocycles. The van der Waals surface area contributed by atoms with E-state index in [1.165, 1.54) is 11.3 Å². The number of aromatic nitrogens is 3. The van der Waals surface area contributed by atoms with Crippen LogP contribution in [-0.2, 0) is 23.1 Å². The summed E-state index contributed by atoms with van der Waals surface area (Å²) in [6, 6.07) is 1.79. The van der Waals surface area contributed by atoms with Crippen molar-refractivity contribution >= 4 is 21.4 Å². The van der Waals surface area contributed by atoms with Crippen LogP contribution < -0.4 is 5.32 Å². The van der Waals surface area contributed by atoms with E-state index >= 15 is 0 Å². The van der Waals surface area contributed by atoms with E-state index in [2.05, 4.69) is 20.1 Å². The van der Waals surface area contributed by atoms with Gasteiger partial charge in [-0.2, -0.15) is 4.31 Å². The highest BCUT2D eigenvalue weighted by molar-refractivity contribution is 7.91. The molecule has 4 heterocycles. The Hall–Kier alpha value is -1.29. The van der Waals surface area contributed by atoms with Crippen LogP contribution in [0.1, 0.15) is 40.8 Å². The summed E-state index contributed by atoms with van der Waals surface area (Å²) < 4.78 is 30.0. The van der Waals surface area contributed by atoms with E-state index in [-0.39, 0.29) is 5.92 Å². The summed E-state index contributed by atoms with van der Waals surface area (Å²) in [5, 5.41) is 12.0. The normalized spacial score (nSPS) is 19.9. The maximum Gasteiger partial charge on any atom is 0.252 e. The van der Waals surface area contributed by atoms with E-state index in [0.29, 0.717) is 17.3 Å². The molecule has 0 aliphatic carbocycles. The van der Waals surface area contributed by atoms with Crippen LogP contribution in [0.2, 0.25) is 0 Å². The van der Waals surface area contributed by atoms with Crippen molar-refractivity contribution < 1.29 is 8.42 Å². The molecule has 4 rings (SSSR count). The first-order valence-electron chi connectivity index (χ1n) is 8.66. The average Bonchev–Trinajstić information content (AvgIpc) is 3.19. The summed E-state index contributed by atoms with van der Waals surface area (Å²) in [4.78, 5) is 1.07. The second kappa shape index (κ2) is 6.46. The lowest BCUT2D eigenvalue weighted by atomic mass is 9.97. The number of aryl methyl sites for hydroxylation is 2. The average molecular weight is 382 g/mol.